The Morgan fingerprint density at radius 2 is 1.76 bits per heavy atom. The van der Waals surface area contributed by atoms with Crippen molar-refractivity contribution in [1.29, 1.82) is 0 Å². The summed E-state index contributed by atoms with van der Waals surface area (Å²) >= 11 is 0. The molecule has 2 fully saturated rings. The van der Waals surface area contributed by atoms with Crippen molar-refractivity contribution in [1.82, 2.24) is 5.32 Å². The number of benzene rings is 2. The monoisotopic (exact) mass is 396 g/mol. The van der Waals surface area contributed by atoms with Crippen LogP contribution < -0.4 is 10.2 Å². The number of esters is 1. The number of fused-ring (bicyclic) bond motifs is 1. The van der Waals surface area contributed by atoms with Gasteiger partial charge in [0.15, 0.2) is 0 Å². The molecule has 0 spiro atoms. The zero-order valence-corrected chi connectivity index (χ0v) is 16.3. The number of hydrogen-bond donors (Lipinski definition) is 1. The molecule has 0 aromatic heterocycles. The van der Waals surface area contributed by atoms with Crippen LogP contribution in [0.3, 0.4) is 0 Å². The first-order chi connectivity index (χ1) is 13.8. The van der Waals surface area contributed by atoms with Crippen molar-refractivity contribution in [3.63, 3.8) is 0 Å². The van der Waals surface area contributed by atoms with Gasteiger partial charge in [0.2, 0.25) is 11.8 Å². The Labute approximate surface area is 167 Å². The highest BCUT2D eigenvalue weighted by Crippen LogP contribution is 2.50. The van der Waals surface area contributed by atoms with Crippen molar-refractivity contribution < 1.29 is 23.5 Å². The van der Waals surface area contributed by atoms with E-state index in [1.807, 2.05) is 31.2 Å². The van der Waals surface area contributed by atoms with Crippen molar-refractivity contribution >= 4 is 23.5 Å². The molecule has 2 aliphatic rings. The molecule has 2 aromatic carbocycles. The second-order valence-corrected chi connectivity index (χ2v) is 7.66. The van der Waals surface area contributed by atoms with E-state index in [0.29, 0.717) is 0 Å². The molecule has 2 amide bonds. The Balaban J connectivity index is 1.84. The van der Waals surface area contributed by atoms with Crippen LogP contribution in [0.2, 0.25) is 0 Å². The number of carbonyl (C=O) groups is 3. The van der Waals surface area contributed by atoms with Gasteiger partial charge in [-0.05, 0) is 49.2 Å². The molecule has 4 rings (SSSR count). The molecule has 1 N–H and O–H groups in total. The van der Waals surface area contributed by atoms with Gasteiger partial charge in [-0.2, -0.15) is 0 Å². The summed E-state index contributed by atoms with van der Waals surface area (Å²) in [4.78, 5) is 40.5. The predicted molar refractivity (Wildman–Crippen MR) is 103 cm³/mol. The second kappa shape index (κ2) is 6.77. The summed E-state index contributed by atoms with van der Waals surface area (Å²) in [6.45, 7) is 3.51. The molecule has 2 heterocycles. The second-order valence-electron chi connectivity index (χ2n) is 7.66. The van der Waals surface area contributed by atoms with Gasteiger partial charge >= 0.3 is 5.97 Å². The molecule has 7 heteroatoms. The maximum atomic E-state index is 13.4. The lowest BCUT2D eigenvalue weighted by Gasteiger charge is -2.29. The lowest BCUT2D eigenvalue weighted by molar-refractivity contribution is -0.151. The summed E-state index contributed by atoms with van der Waals surface area (Å²) in [7, 11) is 1.25. The van der Waals surface area contributed by atoms with Crippen LogP contribution in [-0.4, -0.2) is 30.4 Å². The van der Waals surface area contributed by atoms with Gasteiger partial charge in [0.05, 0.1) is 24.6 Å². The van der Waals surface area contributed by atoms with Gasteiger partial charge in [-0.1, -0.05) is 24.3 Å². The molecule has 2 aliphatic heterocycles. The first-order valence-electron chi connectivity index (χ1n) is 9.34. The zero-order valence-electron chi connectivity index (χ0n) is 16.3. The molecule has 4 atom stereocenters. The van der Waals surface area contributed by atoms with Crippen molar-refractivity contribution in [3.8, 4) is 0 Å². The van der Waals surface area contributed by atoms with Crippen molar-refractivity contribution in [3.05, 3.63) is 65.5 Å². The molecule has 150 valence electrons. The van der Waals surface area contributed by atoms with Gasteiger partial charge in [0, 0.05) is 6.04 Å². The quantitative estimate of drug-likeness (QED) is 0.637. The highest BCUT2D eigenvalue weighted by Gasteiger charge is 2.67. The average Bonchev–Trinajstić information content (AvgIpc) is 3.16. The maximum absolute atomic E-state index is 13.4. The molecule has 0 unspecified atom stereocenters. The van der Waals surface area contributed by atoms with Crippen LogP contribution in [0.15, 0.2) is 48.5 Å². The molecular formula is C22H21FN2O4. The third-order valence-electron chi connectivity index (χ3n) is 6.01. The van der Waals surface area contributed by atoms with Crippen molar-refractivity contribution in [2.45, 2.75) is 25.4 Å². The van der Waals surface area contributed by atoms with Crippen LogP contribution in [0.4, 0.5) is 10.1 Å². The minimum absolute atomic E-state index is 0.284. The summed E-state index contributed by atoms with van der Waals surface area (Å²) < 4.78 is 18.3. The van der Waals surface area contributed by atoms with Crippen LogP contribution >= 0.6 is 0 Å². The molecule has 29 heavy (non-hydrogen) atoms. The van der Waals surface area contributed by atoms with E-state index in [1.54, 1.807) is 6.92 Å². The largest absolute Gasteiger partial charge is 0.468 e. The van der Waals surface area contributed by atoms with Gasteiger partial charge in [-0.15, -0.1) is 0 Å². The van der Waals surface area contributed by atoms with Gasteiger partial charge in [-0.25, -0.2) is 9.29 Å². The minimum Gasteiger partial charge on any atom is -0.468 e. The molecule has 0 radical (unpaired) electrons. The molecule has 0 saturated carbocycles. The molecule has 2 saturated heterocycles. The third kappa shape index (κ3) is 2.76. The summed E-state index contributed by atoms with van der Waals surface area (Å²) in [6, 6.07) is 12.2. The highest BCUT2D eigenvalue weighted by molar-refractivity contribution is 6.24. The maximum Gasteiger partial charge on any atom is 0.326 e. The van der Waals surface area contributed by atoms with Gasteiger partial charge in [0.25, 0.3) is 0 Å². The number of carbonyl (C=O) groups excluding carboxylic acids is 3. The number of aryl methyl sites for hydroxylation is 1. The summed E-state index contributed by atoms with van der Waals surface area (Å²) in [5.74, 6) is -3.70. The number of nitrogens with one attached hydrogen (secondary N) is 1. The van der Waals surface area contributed by atoms with E-state index < -0.39 is 47.0 Å². The third-order valence-corrected chi connectivity index (χ3v) is 6.01. The SMILES string of the molecule is COC(=O)[C@@]1(C)N[C@@H](c2ccccc2C)[C@@H]2C(=O)N(c3ccc(F)cc3)C(=O)[C@H]21. The molecule has 2 aromatic rings. The van der Waals surface area contributed by atoms with E-state index in [4.69, 9.17) is 4.74 Å². The number of methoxy groups -OCH3 is 1. The first kappa shape index (κ1) is 19.3. The number of imide groups is 1. The number of rotatable bonds is 3. The summed E-state index contributed by atoms with van der Waals surface area (Å²) in [5, 5.41) is 3.22. The van der Waals surface area contributed by atoms with Crippen molar-refractivity contribution in [2.24, 2.45) is 11.8 Å². The zero-order chi connectivity index (χ0) is 20.9. The lowest BCUT2D eigenvalue weighted by atomic mass is 9.80. The van der Waals surface area contributed by atoms with Gasteiger partial charge in [0.1, 0.15) is 11.4 Å². The molecule has 0 bridgehead atoms. The van der Waals surface area contributed by atoms with E-state index in [1.165, 1.54) is 31.4 Å². The van der Waals surface area contributed by atoms with E-state index in [-0.39, 0.29) is 5.69 Å². The first-order valence-corrected chi connectivity index (χ1v) is 9.34. The number of halogens is 1. The fourth-order valence-electron chi connectivity index (χ4n) is 4.59. The van der Waals surface area contributed by atoms with Gasteiger partial charge in [-0.3, -0.25) is 19.7 Å². The van der Waals surface area contributed by atoms with Crippen LogP contribution in [0.25, 0.3) is 0 Å². The number of anilines is 1. The van der Waals surface area contributed by atoms with E-state index in [0.717, 1.165) is 16.0 Å². The Bertz CT molecular complexity index is 1010. The van der Waals surface area contributed by atoms with Crippen molar-refractivity contribution in [2.75, 3.05) is 12.0 Å². The Morgan fingerprint density at radius 1 is 1.10 bits per heavy atom. The van der Waals surface area contributed by atoms with Crippen LogP contribution in [0.5, 0.6) is 0 Å². The number of nitrogens with zero attached hydrogens (tertiary/aromatic N) is 1. The highest BCUT2D eigenvalue weighted by atomic mass is 19.1. The minimum atomic E-state index is -1.37. The Hall–Kier alpha value is -3.06. The van der Waals surface area contributed by atoms with Crippen LogP contribution in [0.1, 0.15) is 24.1 Å². The normalized spacial score (nSPS) is 28.6. The number of ether oxygens (including phenoxy) is 1. The number of amides is 2. The molecule has 0 aliphatic carbocycles. The smallest absolute Gasteiger partial charge is 0.326 e. The Kier molecular flexibility index (Phi) is 4.50. The lowest BCUT2D eigenvalue weighted by Crippen LogP contribution is -2.54. The summed E-state index contributed by atoms with van der Waals surface area (Å²) in [5.41, 5.74) is 0.704. The molecular weight excluding hydrogens is 375 g/mol. The standard InChI is InChI=1S/C22H21FN2O4/c1-12-6-4-5-7-15(12)18-16-17(22(2,24-18)21(28)29-3)20(27)25(19(16)26)14-10-8-13(23)9-11-14/h4-11,16-18,24H,1-3H3/t16-,17+,18+,22+/m1/s1. The van der Waals surface area contributed by atoms with E-state index >= 15 is 0 Å². The average molecular weight is 396 g/mol. The fourth-order valence-corrected chi connectivity index (χ4v) is 4.59. The molecule has 6 nitrogen and oxygen atoms in total. The summed E-state index contributed by atoms with van der Waals surface area (Å²) in [6.07, 6.45) is 0. The Morgan fingerprint density at radius 3 is 2.38 bits per heavy atom. The van der Waals surface area contributed by atoms with E-state index in [2.05, 4.69) is 5.32 Å². The number of hydrogen-bond acceptors (Lipinski definition) is 5. The van der Waals surface area contributed by atoms with Crippen LogP contribution in [-0.2, 0) is 19.1 Å². The van der Waals surface area contributed by atoms with E-state index in [9.17, 15) is 18.8 Å². The van der Waals surface area contributed by atoms with Gasteiger partial charge < -0.3 is 4.74 Å². The van der Waals surface area contributed by atoms with Crippen LogP contribution in [0, 0.1) is 24.6 Å². The predicted octanol–water partition coefficient (Wildman–Crippen LogP) is 2.52. The topological polar surface area (TPSA) is 75.7 Å². The fraction of sp³-hybridized carbons (Fsp3) is 0.318.